The first-order chi connectivity index (χ1) is 22.7. The Labute approximate surface area is 265 Å². The van der Waals surface area contributed by atoms with Crippen LogP contribution in [-0.4, -0.2) is 63.8 Å². The number of pyridine rings is 2. The van der Waals surface area contributed by atoms with Crippen molar-refractivity contribution in [3.63, 3.8) is 0 Å². The maximum absolute atomic E-state index is 13.6. The molecule has 2 amide bonds. The number of hydrogen-bond acceptors (Lipinski definition) is 6. The summed E-state index contributed by atoms with van der Waals surface area (Å²) < 4.78 is 3.83. The molecule has 0 spiro atoms. The van der Waals surface area contributed by atoms with Crippen molar-refractivity contribution in [1.82, 2.24) is 38.9 Å². The lowest BCUT2D eigenvalue weighted by molar-refractivity contribution is 0.0721. The highest BCUT2D eigenvalue weighted by molar-refractivity contribution is 5.95. The molecule has 2 aromatic carbocycles. The molecule has 0 unspecified atom stereocenters. The minimum Gasteiger partial charge on any atom is -0.328 e. The second-order valence-corrected chi connectivity index (χ2v) is 11.6. The Balaban J connectivity index is 1.23. The molecule has 2 saturated heterocycles. The highest BCUT2D eigenvalue weighted by atomic mass is 16.2. The van der Waals surface area contributed by atoms with Crippen molar-refractivity contribution in [3.05, 3.63) is 120 Å². The number of aromatic nitrogens is 6. The summed E-state index contributed by atoms with van der Waals surface area (Å²) in [6, 6.07) is 29.3. The fourth-order valence-corrected chi connectivity index (χ4v) is 6.74. The lowest BCUT2D eigenvalue weighted by Crippen LogP contribution is -2.32. The maximum Gasteiger partial charge on any atom is 0.256 e. The van der Waals surface area contributed by atoms with Crippen molar-refractivity contribution in [2.24, 2.45) is 0 Å². The lowest BCUT2D eigenvalue weighted by atomic mass is 10.2. The van der Waals surface area contributed by atoms with E-state index in [0.717, 1.165) is 59.4 Å². The third kappa shape index (κ3) is 4.77. The number of para-hydroxylation sites is 4. The summed E-state index contributed by atoms with van der Waals surface area (Å²) in [6.07, 6.45) is 9.85. The fraction of sp³-hybridized carbons (Fsp3) is 0.222. The average Bonchev–Trinajstić information content (AvgIpc) is 3.92. The average molecular weight is 607 g/mol. The molecule has 4 aromatic heterocycles. The van der Waals surface area contributed by atoms with Crippen LogP contribution in [0.2, 0.25) is 0 Å². The second-order valence-electron chi connectivity index (χ2n) is 11.6. The zero-order chi connectivity index (χ0) is 31.0. The zero-order valence-electron chi connectivity index (χ0n) is 25.0. The molecule has 2 fully saturated rings. The Morgan fingerprint density at radius 3 is 1.50 bits per heavy atom. The number of nitrogens with zero attached hydrogens (tertiary/aromatic N) is 8. The standard InChI is InChI=1S/C36H30N8O2/c45-35(25-9-5-17-37-23-25)43-19-7-15-31(43)33-39-27-11-1-3-13-29(27)41(33)21-22-42-30-14-4-2-12-28(30)40-34(42)32-16-8-20-44(32)36(46)26-10-6-18-38-24-26/h1-6,9-14,17-18,23-24,31-32H,7-8,15-16,19-20H2/t31-,32-/m0/s1. The third-order valence-electron chi connectivity index (χ3n) is 8.89. The molecule has 10 heteroatoms. The normalized spacial score (nSPS) is 17.8. The molecule has 0 N–H and O–H groups in total. The van der Waals surface area contributed by atoms with Crippen molar-refractivity contribution in [1.29, 1.82) is 0 Å². The minimum absolute atomic E-state index is 0.0651. The van der Waals surface area contributed by atoms with Crippen LogP contribution in [0.25, 0.3) is 22.1 Å². The van der Waals surface area contributed by atoms with Gasteiger partial charge in [0.2, 0.25) is 0 Å². The van der Waals surface area contributed by atoms with Crippen LogP contribution in [0.5, 0.6) is 0 Å². The fourth-order valence-electron chi connectivity index (χ4n) is 6.74. The Morgan fingerprint density at radius 2 is 1.07 bits per heavy atom. The van der Waals surface area contributed by atoms with E-state index in [-0.39, 0.29) is 23.9 Å². The summed E-state index contributed by atoms with van der Waals surface area (Å²) in [7, 11) is 0. The number of rotatable bonds is 4. The van der Waals surface area contributed by atoms with Crippen molar-refractivity contribution in [2.45, 2.75) is 37.8 Å². The summed E-state index contributed by atoms with van der Waals surface area (Å²) in [5, 5.41) is 0. The van der Waals surface area contributed by atoms with Gasteiger partial charge < -0.3 is 9.80 Å². The number of benzene rings is 2. The summed E-state index contributed by atoms with van der Waals surface area (Å²) >= 11 is 0. The van der Waals surface area contributed by atoms with Crippen LogP contribution in [0.3, 0.4) is 0 Å². The molecular formula is C36H30N8O2. The van der Waals surface area contributed by atoms with Gasteiger partial charge >= 0.3 is 0 Å². The minimum atomic E-state index is -0.240. The van der Waals surface area contributed by atoms with Gasteiger partial charge in [0.25, 0.3) is 11.8 Å². The van der Waals surface area contributed by atoms with Crippen molar-refractivity contribution < 1.29 is 9.59 Å². The maximum atomic E-state index is 13.6. The van der Waals surface area contributed by atoms with Gasteiger partial charge in [-0.2, -0.15) is 0 Å². The monoisotopic (exact) mass is 606 g/mol. The van der Waals surface area contributed by atoms with E-state index in [1.807, 2.05) is 67.5 Å². The second kappa shape index (κ2) is 11.6. The number of imidazole rings is 2. The Bertz CT molecular complexity index is 1990. The van der Waals surface area contributed by atoms with E-state index < -0.39 is 0 Å². The number of carbonyl (C=O) groups is 2. The molecular weight excluding hydrogens is 576 g/mol. The van der Waals surface area contributed by atoms with Crippen LogP contribution in [-0.2, 0) is 0 Å². The van der Waals surface area contributed by atoms with Gasteiger partial charge in [0, 0.05) is 50.0 Å². The predicted octanol–water partition coefficient (Wildman–Crippen LogP) is 5.45. The van der Waals surface area contributed by atoms with Crippen molar-refractivity contribution in [2.75, 3.05) is 13.1 Å². The van der Waals surface area contributed by atoms with E-state index in [0.29, 0.717) is 24.2 Å². The number of likely N-dealkylation sites (tertiary alicyclic amines) is 2. The molecule has 8 rings (SSSR count). The molecule has 10 nitrogen and oxygen atoms in total. The van der Waals surface area contributed by atoms with E-state index in [2.05, 4.69) is 22.1 Å². The van der Waals surface area contributed by atoms with Gasteiger partial charge in [-0.3, -0.25) is 28.7 Å². The zero-order valence-corrected chi connectivity index (χ0v) is 25.0. The van der Waals surface area contributed by atoms with Crippen molar-refractivity contribution in [3.8, 4) is 12.1 Å². The molecule has 6 heterocycles. The molecule has 0 saturated carbocycles. The van der Waals surface area contributed by atoms with Gasteiger partial charge in [0.1, 0.15) is 11.6 Å². The summed E-state index contributed by atoms with van der Waals surface area (Å²) in [4.78, 5) is 49.3. The largest absolute Gasteiger partial charge is 0.328 e. The SMILES string of the molecule is O=C(c1cccnc1)N1CCC[C@H]1c1nc2ccccc2n1C#Cn1c([C@@H]2CCCN2C(=O)c2cccnc2)nc2ccccc21. The first-order valence-corrected chi connectivity index (χ1v) is 15.6. The molecule has 2 aliphatic heterocycles. The molecule has 46 heavy (non-hydrogen) atoms. The van der Waals surface area contributed by atoms with E-state index in [9.17, 15) is 9.59 Å². The van der Waals surface area contributed by atoms with Gasteiger partial charge in [0.15, 0.2) is 0 Å². The molecule has 226 valence electrons. The number of amides is 2. The lowest BCUT2D eigenvalue weighted by Gasteiger charge is -2.24. The summed E-state index contributed by atoms with van der Waals surface area (Å²) in [5.41, 5.74) is 4.47. The van der Waals surface area contributed by atoms with Crippen LogP contribution in [0, 0.1) is 12.1 Å². The number of carbonyl (C=O) groups excluding carboxylic acids is 2. The van der Waals surface area contributed by atoms with Gasteiger partial charge in [-0.1, -0.05) is 24.3 Å². The van der Waals surface area contributed by atoms with E-state index in [4.69, 9.17) is 9.97 Å². The van der Waals surface area contributed by atoms with Crippen LogP contribution in [0.1, 0.15) is 70.1 Å². The van der Waals surface area contributed by atoms with Gasteiger partial charge in [-0.05, 0) is 74.2 Å². The van der Waals surface area contributed by atoms with E-state index in [1.165, 1.54) is 0 Å². The van der Waals surface area contributed by atoms with Crippen LogP contribution in [0.4, 0.5) is 0 Å². The highest BCUT2D eigenvalue weighted by Gasteiger charge is 2.36. The molecule has 6 aromatic rings. The Kier molecular flexibility index (Phi) is 6.99. The predicted molar refractivity (Wildman–Crippen MR) is 173 cm³/mol. The number of fused-ring (bicyclic) bond motifs is 2. The number of hydrogen-bond donors (Lipinski definition) is 0. The van der Waals surface area contributed by atoms with E-state index in [1.54, 1.807) is 49.1 Å². The molecule has 0 radical (unpaired) electrons. The summed E-state index contributed by atoms with van der Waals surface area (Å²) in [5.74, 6) is 1.32. The topological polar surface area (TPSA) is 102 Å². The Hall–Kier alpha value is -5.82. The van der Waals surface area contributed by atoms with Gasteiger partial charge in [0.05, 0.1) is 45.3 Å². The Morgan fingerprint density at radius 1 is 0.609 bits per heavy atom. The van der Waals surface area contributed by atoms with Crippen LogP contribution >= 0.6 is 0 Å². The molecule has 2 atom stereocenters. The first kappa shape index (κ1) is 27.7. The van der Waals surface area contributed by atoms with Crippen LogP contribution < -0.4 is 0 Å². The highest BCUT2D eigenvalue weighted by Crippen LogP contribution is 2.36. The van der Waals surface area contributed by atoms with Gasteiger partial charge in [-0.25, -0.2) is 9.97 Å². The van der Waals surface area contributed by atoms with Crippen molar-refractivity contribution >= 4 is 33.9 Å². The first-order valence-electron chi connectivity index (χ1n) is 15.6. The van der Waals surface area contributed by atoms with E-state index >= 15 is 0 Å². The smallest absolute Gasteiger partial charge is 0.256 e. The summed E-state index contributed by atoms with van der Waals surface area (Å²) in [6.45, 7) is 1.27. The molecule has 0 bridgehead atoms. The molecule has 2 aliphatic rings. The quantitative estimate of drug-likeness (QED) is 0.248. The molecule has 0 aliphatic carbocycles. The third-order valence-corrected chi connectivity index (χ3v) is 8.89. The van der Waals surface area contributed by atoms with Gasteiger partial charge in [-0.15, -0.1) is 0 Å². The van der Waals surface area contributed by atoms with Crippen LogP contribution in [0.15, 0.2) is 97.6 Å².